The molecule has 2 N–H and O–H groups in total. The first-order valence-corrected chi connectivity index (χ1v) is 7.04. The maximum atomic E-state index is 9.57. The third kappa shape index (κ3) is 3.08. The molecule has 2 aromatic rings. The number of hydrogen-bond donors (Lipinski definition) is 2. The van der Waals surface area contributed by atoms with Crippen molar-refractivity contribution in [3.05, 3.63) is 35.9 Å². The van der Waals surface area contributed by atoms with E-state index in [1.165, 1.54) is 0 Å². The highest BCUT2D eigenvalue weighted by atomic mass is 16.3. The molecule has 1 heterocycles. The first kappa shape index (κ1) is 14.8. The minimum atomic E-state index is 0.00195. The normalized spacial score (nSPS) is 11.2. The SMILES string of the molecule is CC(C)N(CCCO)c1cc(CO)c2ccccc2n1. The molecule has 0 aliphatic carbocycles. The molecule has 0 radical (unpaired) electrons. The maximum Gasteiger partial charge on any atom is 0.129 e. The van der Waals surface area contributed by atoms with Gasteiger partial charge in [0.1, 0.15) is 5.82 Å². The monoisotopic (exact) mass is 274 g/mol. The van der Waals surface area contributed by atoms with Crippen LogP contribution in [0.15, 0.2) is 30.3 Å². The second-order valence-corrected chi connectivity index (χ2v) is 5.18. The zero-order valence-electron chi connectivity index (χ0n) is 12.1. The maximum absolute atomic E-state index is 9.57. The number of aliphatic hydroxyl groups is 2. The quantitative estimate of drug-likeness (QED) is 0.849. The third-order valence-corrected chi connectivity index (χ3v) is 3.43. The van der Waals surface area contributed by atoms with Crippen LogP contribution in [0.25, 0.3) is 10.9 Å². The zero-order valence-corrected chi connectivity index (χ0v) is 12.1. The largest absolute Gasteiger partial charge is 0.396 e. The number of rotatable bonds is 6. The van der Waals surface area contributed by atoms with Gasteiger partial charge in [-0.1, -0.05) is 18.2 Å². The van der Waals surface area contributed by atoms with Crippen LogP contribution in [0.3, 0.4) is 0 Å². The van der Waals surface area contributed by atoms with E-state index in [0.717, 1.165) is 28.8 Å². The molecule has 0 aliphatic heterocycles. The van der Waals surface area contributed by atoms with E-state index in [0.29, 0.717) is 12.5 Å². The molecule has 4 heteroatoms. The lowest BCUT2D eigenvalue weighted by molar-refractivity contribution is 0.283. The van der Waals surface area contributed by atoms with Gasteiger partial charge in [0.2, 0.25) is 0 Å². The Morgan fingerprint density at radius 2 is 1.95 bits per heavy atom. The van der Waals surface area contributed by atoms with Crippen LogP contribution >= 0.6 is 0 Å². The highest BCUT2D eigenvalue weighted by molar-refractivity contribution is 5.84. The second-order valence-electron chi connectivity index (χ2n) is 5.18. The van der Waals surface area contributed by atoms with Crippen molar-refractivity contribution < 1.29 is 10.2 Å². The Hall–Kier alpha value is -1.65. The third-order valence-electron chi connectivity index (χ3n) is 3.43. The smallest absolute Gasteiger partial charge is 0.129 e. The van der Waals surface area contributed by atoms with Gasteiger partial charge in [0, 0.05) is 24.6 Å². The van der Waals surface area contributed by atoms with E-state index in [4.69, 9.17) is 10.1 Å². The molecule has 2 rings (SSSR count). The van der Waals surface area contributed by atoms with Gasteiger partial charge in [-0.15, -0.1) is 0 Å². The predicted octanol–water partition coefficient (Wildman–Crippen LogP) is 2.32. The van der Waals surface area contributed by atoms with Gasteiger partial charge < -0.3 is 15.1 Å². The lowest BCUT2D eigenvalue weighted by Crippen LogP contribution is -2.33. The Morgan fingerprint density at radius 3 is 2.60 bits per heavy atom. The van der Waals surface area contributed by atoms with Gasteiger partial charge in [0.25, 0.3) is 0 Å². The van der Waals surface area contributed by atoms with Gasteiger partial charge in [-0.3, -0.25) is 0 Å². The summed E-state index contributed by atoms with van der Waals surface area (Å²) in [6.07, 6.45) is 0.709. The van der Waals surface area contributed by atoms with E-state index in [1.807, 2.05) is 30.3 Å². The number of aliphatic hydroxyl groups excluding tert-OH is 2. The summed E-state index contributed by atoms with van der Waals surface area (Å²) in [4.78, 5) is 6.85. The van der Waals surface area contributed by atoms with Crippen LogP contribution in [0.5, 0.6) is 0 Å². The van der Waals surface area contributed by atoms with Crippen LogP contribution in [0.2, 0.25) is 0 Å². The molecule has 0 atom stereocenters. The highest BCUT2D eigenvalue weighted by Gasteiger charge is 2.14. The number of nitrogens with zero attached hydrogens (tertiary/aromatic N) is 2. The predicted molar refractivity (Wildman–Crippen MR) is 81.9 cm³/mol. The molecule has 1 aromatic heterocycles. The number of para-hydroxylation sites is 1. The van der Waals surface area contributed by atoms with E-state index in [1.54, 1.807) is 0 Å². The standard InChI is InChI=1S/C16H22N2O2/c1-12(2)18(8-5-9-19)16-10-13(11-20)14-6-3-4-7-15(14)17-16/h3-4,6-7,10,12,19-20H,5,8-9,11H2,1-2H3. The summed E-state index contributed by atoms with van der Waals surface area (Å²) in [6.45, 7) is 5.13. The Morgan fingerprint density at radius 1 is 1.20 bits per heavy atom. The molecule has 0 bridgehead atoms. The van der Waals surface area contributed by atoms with Crippen LogP contribution in [0.4, 0.5) is 5.82 Å². The number of benzene rings is 1. The van der Waals surface area contributed by atoms with Crippen molar-refractivity contribution in [2.75, 3.05) is 18.1 Å². The Bertz CT molecular complexity index is 569. The van der Waals surface area contributed by atoms with Crippen molar-refractivity contribution in [3.63, 3.8) is 0 Å². The molecule has 0 saturated heterocycles. The van der Waals surface area contributed by atoms with Gasteiger partial charge in [-0.2, -0.15) is 0 Å². The van der Waals surface area contributed by atoms with Crippen LogP contribution in [0.1, 0.15) is 25.8 Å². The number of anilines is 1. The molecular formula is C16H22N2O2. The summed E-state index contributed by atoms with van der Waals surface area (Å²) in [5, 5.41) is 19.6. The van der Waals surface area contributed by atoms with Gasteiger partial charge in [0.05, 0.1) is 12.1 Å². The fourth-order valence-corrected chi connectivity index (χ4v) is 2.39. The summed E-state index contributed by atoms with van der Waals surface area (Å²) in [5.41, 5.74) is 1.78. The van der Waals surface area contributed by atoms with Gasteiger partial charge >= 0.3 is 0 Å². The lowest BCUT2D eigenvalue weighted by Gasteiger charge is -2.28. The number of hydrogen-bond acceptors (Lipinski definition) is 4. The van der Waals surface area contributed by atoms with E-state index < -0.39 is 0 Å². The Labute approximate surface area is 119 Å². The van der Waals surface area contributed by atoms with E-state index in [2.05, 4.69) is 18.7 Å². The average Bonchev–Trinajstić information content (AvgIpc) is 2.46. The molecule has 0 spiro atoms. The summed E-state index contributed by atoms with van der Waals surface area (Å²) in [6, 6.07) is 10.1. The van der Waals surface area contributed by atoms with E-state index in [-0.39, 0.29) is 13.2 Å². The first-order valence-electron chi connectivity index (χ1n) is 7.04. The summed E-state index contributed by atoms with van der Waals surface area (Å²) in [5.74, 6) is 0.858. The van der Waals surface area contributed by atoms with Crippen molar-refractivity contribution in [2.45, 2.75) is 32.9 Å². The van der Waals surface area contributed by atoms with Crippen molar-refractivity contribution in [3.8, 4) is 0 Å². The molecule has 1 aromatic carbocycles. The molecular weight excluding hydrogens is 252 g/mol. The average molecular weight is 274 g/mol. The molecule has 0 amide bonds. The van der Waals surface area contributed by atoms with Crippen molar-refractivity contribution in [1.82, 2.24) is 4.98 Å². The second kappa shape index (κ2) is 6.68. The summed E-state index contributed by atoms with van der Waals surface area (Å²) < 4.78 is 0. The minimum Gasteiger partial charge on any atom is -0.396 e. The zero-order chi connectivity index (χ0) is 14.5. The summed E-state index contributed by atoms with van der Waals surface area (Å²) >= 11 is 0. The Kier molecular flexibility index (Phi) is 4.93. The molecule has 0 aliphatic rings. The van der Waals surface area contributed by atoms with Crippen LogP contribution < -0.4 is 4.90 Å². The van der Waals surface area contributed by atoms with Crippen molar-refractivity contribution in [1.29, 1.82) is 0 Å². The van der Waals surface area contributed by atoms with E-state index in [9.17, 15) is 5.11 Å². The van der Waals surface area contributed by atoms with Crippen LogP contribution in [0, 0.1) is 0 Å². The van der Waals surface area contributed by atoms with Gasteiger partial charge in [-0.25, -0.2) is 4.98 Å². The molecule has 4 nitrogen and oxygen atoms in total. The first-order chi connectivity index (χ1) is 9.67. The molecule has 0 unspecified atom stereocenters. The topological polar surface area (TPSA) is 56.6 Å². The number of pyridine rings is 1. The van der Waals surface area contributed by atoms with Crippen molar-refractivity contribution in [2.24, 2.45) is 0 Å². The van der Waals surface area contributed by atoms with Gasteiger partial charge in [-0.05, 0) is 38.0 Å². The fourth-order valence-electron chi connectivity index (χ4n) is 2.39. The fraction of sp³-hybridized carbons (Fsp3) is 0.438. The number of aromatic nitrogens is 1. The Balaban J connectivity index is 2.46. The van der Waals surface area contributed by atoms with Crippen molar-refractivity contribution >= 4 is 16.7 Å². The summed E-state index contributed by atoms with van der Waals surface area (Å²) in [7, 11) is 0. The van der Waals surface area contributed by atoms with Crippen LogP contribution in [-0.4, -0.2) is 34.4 Å². The van der Waals surface area contributed by atoms with Gasteiger partial charge in [0.15, 0.2) is 0 Å². The molecule has 0 fully saturated rings. The lowest BCUT2D eigenvalue weighted by atomic mass is 10.1. The van der Waals surface area contributed by atoms with E-state index >= 15 is 0 Å². The minimum absolute atomic E-state index is 0.00195. The number of fused-ring (bicyclic) bond motifs is 1. The highest BCUT2D eigenvalue weighted by Crippen LogP contribution is 2.24. The molecule has 0 saturated carbocycles. The molecule has 20 heavy (non-hydrogen) atoms. The molecule has 108 valence electrons. The van der Waals surface area contributed by atoms with Crippen LogP contribution in [-0.2, 0) is 6.61 Å².